The van der Waals surface area contributed by atoms with Gasteiger partial charge in [-0.25, -0.2) is 0 Å². The predicted octanol–water partition coefficient (Wildman–Crippen LogP) is 4.77. The Morgan fingerprint density at radius 3 is 2.42 bits per heavy atom. The molecule has 0 aliphatic rings. The van der Waals surface area contributed by atoms with Crippen LogP contribution >= 0.6 is 35.0 Å². The van der Waals surface area contributed by atoms with Crippen LogP contribution in [0.25, 0.3) is 0 Å². The lowest BCUT2D eigenvalue weighted by Crippen LogP contribution is -2.04. The number of hydrogen-bond acceptors (Lipinski definition) is 3. The molecule has 0 atom stereocenters. The highest BCUT2D eigenvalue weighted by atomic mass is 35.5. The van der Waals surface area contributed by atoms with Gasteiger partial charge in [-0.05, 0) is 38.5 Å². The molecule has 0 unspecified atom stereocenters. The van der Waals surface area contributed by atoms with E-state index in [9.17, 15) is 0 Å². The summed E-state index contributed by atoms with van der Waals surface area (Å²) in [5.74, 6) is 1.60. The molecule has 0 N–H and O–H groups in total. The molecule has 0 radical (unpaired) electrons. The second-order valence-corrected chi connectivity index (χ2v) is 6.24. The zero-order valence-corrected chi connectivity index (χ0v) is 13.4. The summed E-state index contributed by atoms with van der Waals surface area (Å²) in [5.41, 5.74) is 0.937. The quantitative estimate of drug-likeness (QED) is 0.762. The number of halogens is 2. The maximum atomic E-state index is 6.16. The van der Waals surface area contributed by atoms with Crippen LogP contribution in [-0.4, -0.2) is 14.8 Å². The number of hydrogen-bond donors (Lipinski definition) is 0. The highest BCUT2D eigenvalue weighted by molar-refractivity contribution is 7.98. The lowest BCUT2D eigenvalue weighted by molar-refractivity contribution is 0.536. The Balaban J connectivity index is 2.20. The monoisotopic (exact) mass is 315 g/mol. The van der Waals surface area contributed by atoms with Gasteiger partial charge in [-0.3, -0.25) is 0 Å². The van der Waals surface area contributed by atoms with Crippen molar-refractivity contribution in [3.63, 3.8) is 0 Å². The summed E-state index contributed by atoms with van der Waals surface area (Å²) in [6.45, 7) is 6.19. The second-order valence-electron chi connectivity index (χ2n) is 4.48. The van der Waals surface area contributed by atoms with Crippen LogP contribution in [0.4, 0.5) is 0 Å². The molecule has 2 rings (SSSR count). The van der Waals surface area contributed by atoms with Gasteiger partial charge in [0, 0.05) is 21.8 Å². The molecule has 0 aliphatic heterocycles. The second kappa shape index (κ2) is 6.16. The Bertz CT molecular complexity index is 561. The van der Waals surface area contributed by atoms with E-state index in [0.29, 0.717) is 21.8 Å². The first-order valence-corrected chi connectivity index (χ1v) is 7.72. The van der Waals surface area contributed by atoms with E-state index in [1.807, 2.05) is 25.1 Å². The predicted molar refractivity (Wildman–Crippen MR) is 81.2 cm³/mol. The fraction of sp³-hybridized carbons (Fsp3) is 0.385. The number of thioether (sulfide) groups is 1. The molecule has 0 saturated carbocycles. The van der Waals surface area contributed by atoms with Crippen molar-refractivity contribution in [3.8, 4) is 0 Å². The van der Waals surface area contributed by atoms with Crippen LogP contribution in [0.3, 0.4) is 0 Å². The summed E-state index contributed by atoms with van der Waals surface area (Å²) in [7, 11) is 0. The molecule has 0 bridgehead atoms. The number of aromatic nitrogens is 3. The summed E-state index contributed by atoms with van der Waals surface area (Å²) in [5, 5.41) is 10.6. The third kappa shape index (κ3) is 3.25. The Hall–Kier alpha value is -0.710. The van der Waals surface area contributed by atoms with Gasteiger partial charge >= 0.3 is 0 Å². The zero-order chi connectivity index (χ0) is 14.0. The average molecular weight is 316 g/mol. The first-order chi connectivity index (χ1) is 9.00. The summed E-state index contributed by atoms with van der Waals surface area (Å²) in [6, 6.07) is 5.88. The van der Waals surface area contributed by atoms with Gasteiger partial charge in [0.2, 0.25) is 0 Å². The molecule has 1 aromatic carbocycles. The third-order valence-electron chi connectivity index (χ3n) is 2.76. The number of benzene rings is 1. The molecule has 0 fully saturated rings. The van der Waals surface area contributed by atoms with Crippen molar-refractivity contribution in [1.82, 2.24) is 14.8 Å². The summed E-state index contributed by atoms with van der Waals surface area (Å²) < 4.78 is 2.11. The van der Waals surface area contributed by atoms with Crippen molar-refractivity contribution < 1.29 is 0 Å². The standard InChI is InChI=1S/C13H15Cl2N3S/c1-8(2)18-9(3)16-17-13(18)19-7-10-11(14)5-4-6-12(10)15/h4-6,8H,7H2,1-3H3. The van der Waals surface area contributed by atoms with Crippen molar-refractivity contribution in [3.05, 3.63) is 39.6 Å². The number of aryl methyl sites for hydroxylation is 1. The highest BCUT2D eigenvalue weighted by Gasteiger charge is 2.14. The van der Waals surface area contributed by atoms with E-state index in [0.717, 1.165) is 16.5 Å². The minimum Gasteiger partial charge on any atom is -0.304 e. The van der Waals surface area contributed by atoms with E-state index in [1.54, 1.807) is 11.8 Å². The molecule has 0 amide bonds. The van der Waals surface area contributed by atoms with Crippen molar-refractivity contribution >= 4 is 35.0 Å². The van der Waals surface area contributed by atoms with E-state index in [2.05, 4.69) is 28.6 Å². The minimum atomic E-state index is 0.333. The van der Waals surface area contributed by atoms with Gasteiger partial charge in [-0.1, -0.05) is 41.0 Å². The fourth-order valence-electron chi connectivity index (χ4n) is 1.85. The number of nitrogens with zero attached hydrogens (tertiary/aromatic N) is 3. The van der Waals surface area contributed by atoms with Gasteiger partial charge in [0.1, 0.15) is 5.82 Å². The van der Waals surface area contributed by atoms with Crippen LogP contribution in [0, 0.1) is 6.92 Å². The van der Waals surface area contributed by atoms with E-state index in [4.69, 9.17) is 23.2 Å². The maximum absolute atomic E-state index is 6.16. The summed E-state index contributed by atoms with van der Waals surface area (Å²) in [6.07, 6.45) is 0. The SMILES string of the molecule is Cc1nnc(SCc2c(Cl)cccc2Cl)n1C(C)C. The van der Waals surface area contributed by atoms with Gasteiger partial charge in [-0.2, -0.15) is 0 Å². The molecule has 19 heavy (non-hydrogen) atoms. The maximum Gasteiger partial charge on any atom is 0.191 e. The van der Waals surface area contributed by atoms with E-state index in [-0.39, 0.29) is 0 Å². The molecule has 1 aromatic heterocycles. The Labute approximate surface area is 127 Å². The Kier molecular flexibility index (Phi) is 4.76. The van der Waals surface area contributed by atoms with Crippen LogP contribution in [0.15, 0.2) is 23.4 Å². The average Bonchev–Trinajstić information content (AvgIpc) is 2.70. The van der Waals surface area contributed by atoms with Crippen LogP contribution in [0.5, 0.6) is 0 Å². The van der Waals surface area contributed by atoms with Gasteiger partial charge in [-0.15, -0.1) is 10.2 Å². The van der Waals surface area contributed by atoms with Crippen LogP contribution < -0.4 is 0 Å². The van der Waals surface area contributed by atoms with Crippen LogP contribution in [0.1, 0.15) is 31.3 Å². The lowest BCUT2D eigenvalue weighted by Gasteiger charge is -2.12. The molecule has 1 heterocycles. The molecule has 0 saturated heterocycles. The first kappa shape index (κ1) is 14.7. The van der Waals surface area contributed by atoms with Crippen molar-refractivity contribution in [2.75, 3.05) is 0 Å². The van der Waals surface area contributed by atoms with Crippen LogP contribution in [-0.2, 0) is 5.75 Å². The van der Waals surface area contributed by atoms with Gasteiger partial charge in [0.15, 0.2) is 5.16 Å². The smallest absolute Gasteiger partial charge is 0.191 e. The Morgan fingerprint density at radius 2 is 1.84 bits per heavy atom. The number of rotatable bonds is 4. The van der Waals surface area contributed by atoms with E-state index < -0.39 is 0 Å². The molecule has 3 nitrogen and oxygen atoms in total. The molecule has 2 aromatic rings. The zero-order valence-electron chi connectivity index (χ0n) is 11.0. The lowest BCUT2D eigenvalue weighted by atomic mass is 10.2. The third-order valence-corrected chi connectivity index (χ3v) is 4.44. The highest BCUT2D eigenvalue weighted by Crippen LogP contribution is 2.31. The summed E-state index contributed by atoms with van der Waals surface area (Å²) in [4.78, 5) is 0. The van der Waals surface area contributed by atoms with Gasteiger partial charge < -0.3 is 4.57 Å². The van der Waals surface area contributed by atoms with Crippen molar-refractivity contribution in [1.29, 1.82) is 0 Å². The molecular weight excluding hydrogens is 301 g/mol. The van der Waals surface area contributed by atoms with Gasteiger partial charge in [0.25, 0.3) is 0 Å². The van der Waals surface area contributed by atoms with E-state index in [1.165, 1.54) is 0 Å². The molecular formula is C13H15Cl2N3S. The minimum absolute atomic E-state index is 0.333. The van der Waals surface area contributed by atoms with Crippen molar-refractivity contribution in [2.45, 2.75) is 37.7 Å². The molecule has 102 valence electrons. The molecule has 6 heteroatoms. The normalized spacial score (nSPS) is 11.3. The van der Waals surface area contributed by atoms with E-state index >= 15 is 0 Å². The molecule has 0 spiro atoms. The van der Waals surface area contributed by atoms with Crippen LogP contribution in [0.2, 0.25) is 10.0 Å². The van der Waals surface area contributed by atoms with Gasteiger partial charge in [0.05, 0.1) is 0 Å². The Morgan fingerprint density at radius 1 is 1.21 bits per heavy atom. The molecule has 0 aliphatic carbocycles. The largest absolute Gasteiger partial charge is 0.304 e. The first-order valence-electron chi connectivity index (χ1n) is 5.98. The topological polar surface area (TPSA) is 30.7 Å². The summed E-state index contributed by atoms with van der Waals surface area (Å²) >= 11 is 13.9. The van der Waals surface area contributed by atoms with Crippen molar-refractivity contribution in [2.24, 2.45) is 0 Å². The fourth-order valence-corrected chi connectivity index (χ4v) is 3.70.